The minimum absolute atomic E-state index is 0.208. The van der Waals surface area contributed by atoms with E-state index in [1.807, 2.05) is 4.90 Å². The molecule has 1 saturated heterocycles. The first-order valence-corrected chi connectivity index (χ1v) is 8.26. The number of aliphatic carboxylic acids is 1. The van der Waals surface area contributed by atoms with E-state index in [0.29, 0.717) is 24.9 Å². The molecule has 122 valence electrons. The van der Waals surface area contributed by atoms with E-state index in [1.165, 1.54) is 6.42 Å². The first kappa shape index (κ1) is 18.0. The number of piperidine rings is 1. The van der Waals surface area contributed by atoms with Gasteiger partial charge in [-0.25, -0.2) is 0 Å². The van der Waals surface area contributed by atoms with Crippen LogP contribution in [0.15, 0.2) is 0 Å². The summed E-state index contributed by atoms with van der Waals surface area (Å²) < 4.78 is 0. The molecule has 1 rings (SSSR count). The minimum Gasteiger partial charge on any atom is -0.481 e. The number of nitrogens with zero attached hydrogens (tertiary/aromatic N) is 1. The highest BCUT2D eigenvalue weighted by molar-refractivity contribution is 5.78. The van der Waals surface area contributed by atoms with Crippen molar-refractivity contribution in [2.45, 2.75) is 64.8 Å². The first-order valence-electron chi connectivity index (χ1n) is 8.26. The van der Waals surface area contributed by atoms with Gasteiger partial charge in [-0.2, -0.15) is 0 Å². The largest absolute Gasteiger partial charge is 0.481 e. The van der Waals surface area contributed by atoms with Gasteiger partial charge in [-0.05, 0) is 51.0 Å². The van der Waals surface area contributed by atoms with Crippen molar-refractivity contribution in [1.29, 1.82) is 0 Å². The Bertz CT molecular complexity index is 333. The van der Waals surface area contributed by atoms with Crippen LogP contribution in [0.2, 0.25) is 0 Å². The number of carboxylic acids is 1. The Hall–Kier alpha value is -1.10. The molecule has 5 nitrogen and oxygen atoms in total. The van der Waals surface area contributed by atoms with Crippen molar-refractivity contribution < 1.29 is 14.7 Å². The average molecular weight is 298 g/mol. The molecule has 0 aromatic carbocycles. The van der Waals surface area contributed by atoms with Gasteiger partial charge < -0.3 is 15.3 Å². The third-order valence-electron chi connectivity index (χ3n) is 4.36. The molecular formula is C16H30N2O3. The molecule has 1 fully saturated rings. The summed E-state index contributed by atoms with van der Waals surface area (Å²) in [7, 11) is 0. The molecule has 1 aliphatic rings. The Labute approximate surface area is 128 Å². The monoisotopic (exact) mass is 298 g/mol. The van der Waals surface area contributed by atoms with E-state index in [0.717, 1.165) is 38.8 Å². The lowest BCUT2D eigenvalue weighted by molar-refractivity contribution is -0.137. The molecule has 2 atom stereocenters. The number of hydrogen-bond acceptors (Lipinski definition) is 3. The maximum Gasteiger partial charge on any atom is 0.303 e. The molecule has 0 bridgehead atoms. The van der Waals surface area contributed by atoms with E-state index in [4.69, 9.17) is 5.11 Å². The minimum atomic E-state index is -0.735. The number of amides is 1. The molecule has 0 aromatic rings. The third-order valence-corrected chi connectivity index (χ3v) is 4.36. The highest BCUT2D eigenvalue weighted by Crippen LogP contribution is 2.19. The van der Waals surface area contributed by atoms with Crippen LogP contribution in [-0.4, -0.2) is 47.6 Å². The standard InChI is InChI=1S/C16H30N2O3/c1-3-14-6-4-5-11-18(14)15(19)12-17-10-9-13(2)7-8-16(20)21/h13-14,17H,3-12H2,1-2H3,(H,20,21). The quantitative estimate of drug-likeness (QED) is 0.641. The fourth-order valence-corrected chi connectivity index (χ4v) is 2.91. The molecular weight excluding hydrogens is 268 g/mol. The van der Waals surface area contributed by atoms with Crippen molar-refractivity contribution in [1.82, 2.24) is 10.2 Å². The second-order valence-corrected chi connectivity index (χ2v) is 6.15. The summed E-state index contributed by atoms with van der Waals surface area (Å²) in [4.78, 5) is 24.7. The van der Waals surface area contributed by atoms with Crippen LogP contribution in [-0.2, 0) is 9.59 Å². The molecule has 2 unspecified atom stereocenters. The molecule has 0 spiro atoms. The zero-order valence-corrected chi connectivity index (χ0v) is 13.4. The van der Waals surface area contributed by atoms with Crippen molar-refractivity contribution >= 4 is 11.9 Å². The van der Waals surface area contributed by atoms with Crippen LogP contribution in [0.5, 0.6) is 0 Å². The van der Waals surface area contributed by atoms with E-state index in [9.17, 15) is 9.59 Å². The highest BCUT2D eigenvalue weighted by Gasteiger charge is 2.24. The van der Waals surface area contributed by atoms with Gasteiger partial charge in [-0.1, -0.05) is 13.8 Å². The van der Waals surface area contributed by atoms with Crippen LogP contribution in [0.25, 0.3) is 0 Å². The van der Waals surface area contributed by atoms with Crippen molar-refractivity contribution in [3.8, 4) is 0 Å². The van der Waals surface area contributed by atoms with Gasteiger partial charge in [0.15, 0.2) is 0 Å². The van der Waals surface area contributed by atoms with Gasteiger partial charge in [0.25, 0.3) is 0 Å². The Kier molecular flexibility index (Phi) is 8.35. The van der Waals surface area contributed by atoms with Crippen LogP contribution < -0.4 is 5.32 Å². The number of nitrogens with one attached hydrogen (secondary N) is 1. The maximum absolute atomic E-state index is 12.2. The van der Waals surface area contributed by atoms with Crippen LogP contribution in [0.3, 0.4) is 0 Å². The number of carbonyl (C=O) groups excluding carboxylic acids is 1. The summed E-state index contributed by atoms with van der Waals surface area (Å²) in [5, 5.41) is 11.8. The van der Waals surface area contributed by atoms with Gasteiger partial charge in [0, 0.05) is 19.0 Å². The summed E-state index contributed by atoms with van der Waals surface area (Å²) in [5.74, 6) is -0.150. The summed E-state index contributed by atoms with van der Waals surface area (Å²) >= 11 is 0. The molecule has 1 amide bonds. The molecule has 5 heteroatoms. The fraction of sp³-hybridized carbons (Fsp3) is 0.875. The van der Waals surface area contributed by atoms with Crippen molar-refractivity contribution in [3.63, 3.8) is 0 Å². The van der Waals surface area contributed by atoms with Gasteiger partial charge in [0.05, 0.1) is 6.54 Å². The van der Waals surface area contributed by atoms with Crippen molar-refractivity contribution in [3.05, 3.63) is 0 Å². The van der Waals surface area contributed by atoms with E-state index in [-0.39, 0.29) is 12.3 Å². The average Bonchev–Trinajstić information content (AvgIpc) is 2.49. The molecule has 0 saturated carbocycles. The van der Waals surface area contributed by atoms with Gasteiger partial charge in [-0.3, -0.25) is 9.59 Å². The Morgan fingerprint density at radius 3 is 2.76 bits per heavy atom. The Morgan fingerprint density at radius 1 is 1.33 bits per heavy atom. The number of hydrogen-bond donors (Lipinski definition) is 2. The SMILES string of the molecule is CCC1CCCCN1C(=O)CNCCC(C)CCC(=O)O. The predicted molar refractivity (Wildman–Crippen MR) is 83.2 cm³/mol. The lowest BCUT2D eigenvalue weighted by Gasteiger charge is -2.35. The summed E-state index contributed by atoms with van der Waals surface area (Å²) in [6, 6.07) is 0.419. The third kappa shape index (κ3) is 6.93. The topological polar surface area (TPSA) is 69.6 Å². The second kappa shape index (κ2) is 9.77. The smallest absolute Gasteiger partial charge is 0.303 e. The lowest BCUT2D eigenvalue weighted by atomic mass is 10.00. The summed E-state index contributed by atoms with van der Waals surface area (Å²) in [5.41, 5.74) is 0. The molecule has 0 aliphatic carbocycles. The summed E-state index contributed by atoms with van der Waals surface area (Å²) in [6.45, 7) is 6.28. The highest BCUT2D eigenvalue weighted by atomic mass is 16.4. The summed E-state index contributed by atoms with van der Waals surface area (Å²) in [6.07, 6.45) is 6.37. The predicted octanol–water partition coefficient (Wildman–Crippen LogP) is 2.26. The van der Waals surface area contributed by atoms with Gasteiger partial charge >= 0.3 is 5.97 Å². The molecule has 0 radical (unpaired) electrons. The fourth-order valence-electron chi connectivity index (χ4n) is 2.91. The molecule has 0 aromatic heterocycles. The molecule has 2 N–H and O–H groups in total. The molecule has 1 aliphatic heterocycles. The van der Waals surface area contributed by atoms with Crippen LogP contribution in [0.4, 0.5) is 0 Å². The lowest BCUT2D eigenvalue weighted by Crippen LogP contribution is -2.47. The number of carbonyl (C=O) groups is 2. The van der Waals surface area contributed by atoms with Crippen molar-refractivity contribution in [2.24, 2.45) is 5.92 Å². The first-order chi connectivity index (χ1) is 10.0. The Morgan fingerprint density at radius 2 is 2.10 bits per heavy atom. The van der Waals surface area contributed by atoms with Crippen LogP contribution >= 0.6 is 0 Å². The van der Waals surface area contributed by atoms with Gasteiger partial charge in [-0.15, -0.1) is 0 Å². The van der Waals surface area contributed by atoms with Gasteiger partial charge in [0.2, 0.25) is 5.91 Å². The van der Waals surface area contributed by atoms with Crippen LogP contribution in [0, 0.1) is 5.92 Å². The van der Waals surface area contributed by atoms with Crippen LogP contribution in [0.1, 0.15) is 58.8 Å². The zero-order valence-electron chi connectivity index (χ0n) is 13.4. The second-order valence-electron chi connectivity index (χ2n) is 6.15. The van der Waals surface area contributed by atoms with E-state index in [1.54, 1.807) is 0 Å². The van der Waals surface area contributed by atoms with Crippen molar-refractivity contribution in [2.75, 3.05) is 19.6 Å². The molecule has 21 heavy (non-hydrogen) atoms. The Balaban J connectivity index is 2.16. The molecule has 1 heterocycles. The van der Waals surface area contributed by atoms with E-state index < -0.39 is 5.97 Å². The number of carboxylic acid groups (broad SMARTS) is 1. The van der Waals surface area contributed by atoms with Gasteiger partial charge in [0.1, 0.15) is 0 Å². The number of likely N-dealkylation sites (tertiary alicyclic amines) is 1. The zero-order chi connectivity index (χ0) is 15.7. The van der Waals surface area contributed by atoms with E-state index in [2.05, 4.69) is 19.2 Å². The maximum atomic E-state index is 12.2. The number of rotatable bonds is 9. The normalized spacial score (nSPS) is 20.3. The van der Waals surface area contributed by atoms with E-state index >= 15 is 0 Å².